The highest BCUT2D eigenvalue weighted by Gasteiger charge is 2.31. The number of aldehydes is 1. The lowest BCUT2D eigenvalue weighted by Gasteiger charge is -2.33. The van der Waals surface area contributed by atoms with Crippen LogP contribution in [0.1, 0.15) is 202 Å². The van der Waals surface area contributed by atoms with E-state index in [1.165, 1.54) is 111 Å². The predicted octanol–water partition coefficient (Wildman–Crippen LogP) is 24.6. The molecule has 0 aromatic heterocycles. The second-order valence-electron chi connectivity index (χ2n) is 25.1. The SMILES string of the molecule is CC(C)=CCC/C(C)=C/C=C/C(C)=C/C=C/C(C)=C/C=C/C=C(C)/C=C/C=C(C)/C=C/C1=C(C)CCC[C@]1(C)C=O.CC1=C(/C=C/C(C)=C/C=C/C(C)=C/C=C/C=C(C)/C=C/C=C(C)/C=C/C2=C(C)CCCC2(C)C)C(C)(C)CCC1. The summed E-state index contributed by atoms with van der Waals surface area (Å²) in [5, 5.41) is 0. The molecular weight excluding hydrogens is 977 g/mol. The molecule has 0 bridgehead atoms. The Morgan fingerprint density at radius 2 is 0.654 bits per heavy atom. The van der Waals surface area contributed by atoms with E-state index in [4.69, 9.17) is 0 Å². The third-order valence-electron chi connectivity index (χ3n) is 15.6. The summed E-state index contributed by atoms with van der Waals surface area (Å²) in [5.41, 5.74) is 21.4. The quantitative estimate of drug-likeness (QED) is 0.0535. The maximum absolute atomic E-state index is 11.7. The molecule has 1 nitrogen and oxygen atoms in total. The van der Waals surface area contributed by atoms with Crippen LogP contribution >= 0.6 is 0 Å². The number of rotatable bonds is 24. The molecule has 0 radical (unpaired) electrons. The van der Waals surface area contributed by atoms with E-state index in [1.54, 1.807) is 11.1 Å². The molecule has 0 fully saturated rings. The van der Waals surface area contributed by atoms with E-state index in [9.17, 15) is 4.79 Å². The number of carbonyl (C=O) groups excluding carboxylic acids is 1. The van der Waals surface area contributed by atoms with Crippen LogP contribution in [-0.2, 0) is 4.79 Å². The van der Waals surface area contributed by atoms with Gasteiger partial charge in [0.25, 0.3) is 0 Å². The van der Waals surface area contributed by atoms with E-state index in [1.807, 2.05) is 0 Å². The van der Waals surface area contributed by atoms with E-state index < -0.39 is 0 Å². The minimum absolute atomic E-state index is 0.291. The monoisotopic (exact) mass is 1090 g/mol. The third kappa shape index (κ3) is 29.8. The third-order valence-corrected chi connectivity index (χ3v) is 15.6. The van der Waals surface area contributed by atoms with E-state index >= 15 is 0 Å². The van der Waals surface area contributed by atoms with Crippen molar-refractivity contribution in [1.29, 1.82) is 0 Å². The van der Waals surface area contributed by atoms with Gasteiger partial charge in [0, 0.05) is 5.41 Å². The van der Waals surface area contributed by atoms with Gasteiger partial charge in [-0.25, -0.2) is 0 Å². The lowest BCUT2D eigenvalue weighted by Crippen LogP contribution is -2.24. The molecule has 436 valence electrons. The van der Waals surface area contributed by atoms with Gasteiger partial charge in [0.15, 0.2) is 0 Å². The van der Waals surface area contributed by atoms with Crippen molar-refractivity contribution in [2.75, 3.05) is 0 Å². The van der Waals surface area contributed by atoms with Gasteiger partial charge < -0.3 is 4.79 Å². The molecule has 0 aromatic rings. The number of hydrogen-bond acceptors (Lipinski definition) is 1. The highest BCUT2D eigenvalue weighted by atomic mass is 16.1. The first-order valence-electron chi connectivity index (χ1n) is 30.3. The molecule has 0 aromatic carbocycles. The average Bonchev–Trinajstić information content (AvgIpc) is 3.38. The summed E-state index contributed by atoms with van der Waals surface area (Å²) in [6.07, 6.45) is 78.9. The van der Waals surface area contributed by atoms with Gasteiger partial charge in [0.2, 0.25) is 0 Å². The molecule has 3 aliphatic carbocycles. The van der Waals surface area contributed by atoms with Gasteiger partial charge in [0.1, 0.15) is 6.29 Å². The molecule has 0 saturated heterocycles. The summed E-state index contributed by atoms with van der Waals surface area (Å²) in [6.45, 7) is 41.8. The second kappa shape index (κ2) is 37.7. The molecule has 0 amide bonds. The van der Waals surface area contributed by atoms with Crippen LogP contribution in [0, 0.1) is 16.2 Å². The molecule has 3 rings (SSSR count). The maximum atomic E-state index is 11.7. The maximum Gasteiger partial charge on any atom is 0.130 e. The normalized spacial score (nSPS) is 21.2. The number of carbonyl (C=O) groups is 1. The molecular formula is C80H110O. The highest BCUT2D eigenvalue weighted by molar-refractivity contribution is 5.67. The molecule has 0 N–H and O–H groups in total. The average molecular weight is 1090 g/mol. The Morgan fingerprint density at radius 1 is 0.370 bits per heavy atom. The topological polar surface area (TPSA) is 17.1 Å². The first kappa shape index (κ1) is 70.8. The van der Waals surface area contributed by atoms with E-state index in [0.29, 0.717) is 10.8 Å². The van der Waals surface area contributed by atoms with Crippen LogP contribution in [0.5, 0.6) is 0 Å². The van der Waals surface area contributed by atoms with Gasteiger partial charge in [-0.3, -0.25) is 0 Å². The minimum Gasteiger partial charge on any atom is -0.302 e. The van der Waals surface area contributed by atoms with Gasteiger partial charge in [-0.1, -0.05) is 282 Å². The van der Waals surface area contributed by atoms with Crippen LogP contribution in [0.15, 0.2) is 271 Å². The molecule has 81 heavy (non-hydrogen) atoms. The zero-order valence-corrected chi connectivity index (χ0v) is 54.6. The van der Waals surface area contributed by atoms with Crippen LogP contribution in [0.2, 0.25) is 0 Å². The van der Waals surface area contributed by atoms with Gasteiger partial charge in [-0.15, -0.1) is 0 Å². The Hall–Kier alpha value is -6.31. The largest absolute Gasteiger partial charge is 0.302 e. The van der Waals surface area contributed by atoms with Crippen molar-refractivity contribution in [3.8, 4) is 0 Å². The summed E-state index contributed by atoms with van der Waals surface area (Å²) in [4.78, 5) is 11.7. The molecule has 0 unspecified atom stereocenters. The Morgan fingerprint density at radius 3 is 0.975 bits per heavy atom. The van der Waals surface area contributed by atoms with Crippen LogP contribution in [0.25, 0.3) is 0 Å². The first-order chi connectivity index (χ1) is 38.3. The second-order valence-corrected chi connectivity index (χ2v) is 25.1. The van der Waals surface area contributed by atoms with Crippen LogP contribution in [-0.4, -0.2) is 6.29 Å². The van der Waals surface area contributed by atoms with Crippen molar-refractivity contribution in [2.24, 2.45) is 16.2 Å². The van der Waals surface area contributed by atoms with Crippen LogP contribution in [0.4, 0.5) is 0 Å². The zero-order chi connectivity index (χ0) is 60.4. The standard InChI is InChI=1S/C40H54O.C40H56/c1-32(2)17-12-20-35(5)23-14-25-36(6)24-13-21-33(3)18-10-11-19-34(4)22-15-26-37(7)28-29-39-38(8)27-16-30-40(39,9)31-41;1-31(19-13-21-33(3)25-27-37-35(5)23-15-29-39(37,7)8)17-11-12-18-32(2)20-14-22-34(4)26-28-38-36(6)24-16-30-40(38,9)10/h10-11,13-15,17-19,21-26,28-29,31H,12,16,20,27,30H2,1-9H3;11-14,17-22,25-28H,15-16,23-24,29-30H2,1-10H3/b11-10+,21-13+,22-15+,25-14+,29-28+,33-18+,34-19+,35-23+,36-24+,37-26+;12-11+,19-13+,20-14+,27-25+,28-26+,31-17+,32-18+,33-21+,34-22+/t40-;/m1./s1. The summed E-state index contributed by atoms with van der Waals surface area (Å²) in [5.74, 6) is 0. The Balaban J connectivity index is 0.000000553. The molecule has 0 saturated carbocycles. The molecule has 1 atom stereocenters. The van der Waals surface area contributed by atoms with Gasteiger partial charge >= 0.3 is 0 Å². The molecule has 0 aliphatic heterocycles. The Labute approximate surface area is 498 Å². The lowest BCUT2D eigenvalue weighted by atomic mass is 9.72. The summed E-state index contributed by atoms with van der Waals surface area (Å²) < 4.78 is 0. The van der Waals surface area contributed by atoms with Crippen molar-refractivity contribution in [1.82, 2.24) is 0 Å². The Bertz CT molecular complexity index is 2740. The van der Waals surface area contributed by atoms with Gasteiger partial charge in [0.05, 0.1) is 0 Å². The summed E-state index contributed by atoms with van der Waals surface area (Å²) >= 11 is 0. The fourth-order valence-corrected chi connectivity index (χ4v) is 10.3. The van der Waals surface area contributed by atoms with Crippen molar-refractivity contribution in [3.05, 3.63) is 271 Å². The molecule has 1 heteroatoms. The minimum atomic E-state index is -0.349. The Kier molecular flexibility index (Phi) is 32.9. The lowest BCUT2D eigenvalue weighted by molar-refractivity contribution is -0.114. The fraction of sp³-hybridized carbons (Fsp3) is 0.412. The van der Waals surface area contributed by atoms with Crippen LogP contribution in [0.3, 0.4) is 0 Å². The summed E-state index contributed by atoms with van der Waals surface area (Å²) in [7, 11) is 0. The van der Waals surface area contributed by atoms with E-state index in [0.717, 1.165) is 44.0 Å². The highest BCUT2D eigenvalue weighted by Crippen LogP contribution is 2.42. The fourth-order valence-electron chi connectivity index (χ4n) is 10.3. The first-order valence-corrected chi connectivity index (χ1v) is 30.3. The van der Waals surface area contributed by atoms with E-state index in [2.05, 4.69) is 314 Å². The van der Waals surface area contributed by atoms with Gasteiger partial charge in [-0.05, 0) is 202 Å². The van der Waals surface area contributed by atoms with Crippen molar-refractivity contribution in [3.63, 3.8) is 0 Å². The molecule has 0 heterocycles. The van der Waals surface area contributed by atoms with Crippen molar-refractivity contribution >= 4 is 6.29 Å². The molecule has 3 aliphatic rings. The summed E-state index contributed by atoms with van der Waals surface area (Å²) in [6, 6.07) is 0. The number of hydrogen-bond donors (Lipinski definition) is 0. The van der Waals surface area contributed by atoms with E-state index in [-0.39, 0.29) is 5.41 Å². The van der Waals surface area contributed by atoms with Gasteiger partial charge in [-0.2, -0.15) is 0 Å². The van der Waals surface area contributed by atoms with Crippen molar-refractivity contribution in [2.45, 2.75) is 202 Å². The van der Waals surface area contributed by atoms with Crippen LogP contribution < -0.4 is 0 Å². The molecule has 0 spiro atoms. The predicted molar refractivity (Wildman–Crippen MR) is 365 cm³/mol. The number of allylic oxidation sites excluding steroid dienone is 46. The van der Waals surface area contributed by atoms with Crippen molar-refractivity contribution < 1.29 is 4.79 Å². The smallest absolute Gasteiger partial charge is 0.130 e. The zero-order valence-electron chi connectivity index (χ0n) is 54.6.